The second kappa shape index (κ2) is 6.11. The van der Waals surface area contributed by atoms with E-state index in [1.54, 1.807) is 11.1 Å². The van der Waals surface area contributed by atoms with Gasteiger partial charge in [0.2, 0.25) is 0 Å². The number of nitrogens with zero attached hydrogens (tertiary/aromatic N) is 2. The SMILES string of the molecule is O=C(O)CC1COCCN1C(=O)c1nccc2ccccc12. The maximum absolute atomic E-state index is 12.8. The third-order valence-electron chi connectivity index (χ3n) is 3.77. The highest BCUT2D eigenvalue weighted by molar-refractivity contribution is 6.05. The number of aromatic nitrogens is 1. The number of hydrogen-bond donors (Lipinski definition) is 1. The van der Waals surface area contributed by atoms with Crippen LogP contribution in [0.15, 0.2) is 36.5 Å². The molecular weight excluding hydrogens is 284 g/mol. The lowest BCUT2D eigenvalue weighted by Gasteiger charge is -2.34. The molecule has 22 heavy (non-hydrogen) atoms. The minimum atomic E-state index is -0.945. The number of rotatable bonds is 3. The fraction of sp³-hybridized carbons (Fsp3) is 0.312. The van der Waals surface area contributed by atoms with Crippen LogP contribution >= 0.6 is 0 Å². The maximum atomic E-state index is 12.8. The second-order valence-electron chi connectivity index (χ2n) is 5.21. The smallest absolute Gasteiger partial charge is 0.305 e. The lowest BCUT2D eigenvalue weighted by molar-refractivity contribution is -0.139. The van der Waals surface area contributed by atoms with Gasteiger partial charge in [-0.3, -0.25) is 14.6 Å². The molecule has 1 fully saturated rings. The standard InChI is InChI=1S/C16H16N2O4/c19-14(20)9-12-10-22-8-7-18(12)16(21)15-13-4-2-1-3-11(13)5-6-17-15/h1-6,12H,7-10H2,(H,19,20). The van der Waals surface area contributed by atoms with Gasteiger partial charge in [-0.15, -0.1) is 0 Å². The maximum Gasteiger partial charge on any atom is 0.305 e. The first-order valence-electron chi connectivity index (χ1n) is 7.11. The third-order valence-corrected chi connectivity index (χ3v) is 3.77. The fourth-order valence-corrected chi connectivity index (χ4v) is 2.72. The van der Waals surface area contributed by atoms with E-state index in [0.717, 1.165) is 10.8 Å². The van der Waals surface area contributed by atoms with Crippen LogP contribution in [0.3, 0.4) is 0 Å². The Kier molecular flexibility index (Phi) is 4.02. The van der Waals surface area contributed by atoms with Gasteiger partial charge in [0, 0.05) is 18.1 Å². The Hall–Kier alpha value is -2.47. The molecule has 0 spiro atoms. The summed E-state index contributed by atoms with van der Waals surface area (Å²) in [6, 6.07) is 8.91. The van der Waals surface area contributed by atoms with E-state index in [1.807, 2.05) is 30.3 Å². The highest BCUT2D eigenvalue weighted by Crippen LogP contribution is 2.20. The molecule has 1 aromatic heterocycles. The van der Waals surface area contributed by atoms with Crippen molar-refractivity contribution in [2.24, 2.45) is 0 Å². The van der Waals surface area contributed by atoms with Crippen LogP contribution in [0.2, 0.25) is 0 Å². The molecule has 6 nitrogen and oxygen atoms in total. The van der Waals surface area contributed by atoms with E-state index in [0.29, 0.717) is 18.8 Å². The van der Waals surface area contributed by atoms with Crippen LogP contribution < -0.4 is 0 Å². The van der Waals surface area contributed by atoms with Gasteiger partial charge in [0.15, 0.2) is 0 Å². The Morgan fingerprint density at radius 1 is 1.32 bits per heavy atom. The number of carbonyl (C=O) groups is 2. The van der Waals surface area contributed by atoms with E-state index in [4.69, 9.17) is 9.84 Å². The lowest BCUT2D eigenvalue weighted by Crippen LogP contribution is -2.49. The van der Waals surface area contributed by atoms with Gasteiger partial charge >= 0.3 is 5.97 Å². The third kappa shape index (κ3) is 2.78. The second-order valence-corrected chi connectivity index (χ2v) is 5.21. The predicted octanol–water partition coefficient (Wildman–Crippen LogP) is 1.55. The number of ether oxygens (including phenoxy) is 1. The summed E-state index contributed by atoms with van der Waals surface area (Å²) in [6.07, 6.45) is 1.47. The van der Waals surface area contributed by atoms with Crippen molar-refractivity contribution in [1.82, 2.24) is 9.88 Å². The number of morpholine rings is 1. The molecule has 114 valence electrons. The minimum absolute atomic E-state index is 0.128. The Labute approximate surface area is 127 Å². The number of hydrogen-bond acceptors (Lipinski definition) is 4. The van der Waals surface area contributed by atoms with E-state index >= 15 is 0 Å². The van der Waals surface area contributed by atoms with E-state index in [1.165, 1.54) is 0 Å². The molecule has 0 aliphatic carbocycles. The molecule has 0 saturated carbocycles. The molecule has 2 aromatic rings. The number of carboxylic acids is 1. The summed E-state index contributed by atoms with van der Waals surface area (Å²) in [4.78, 5) is 29.6. The Morgan fingerprint density at radius 3 is 2.95 bits per heavy atom. The van der Waals surface area contributed by atoms with E-state index in [9.17, 15) is 9.59 Å². The van der Waals surface area contributed by atoms with Gasteiger partial charge in [-0.1, -0.05) is 24.3 Å². The highest BCUT2D eigenvalue weighted by Gasteiger charge is 2.31. The van der Waals surface area contributed by atoms with Gasteiger partial charge in [-0.25, -0.2) is 0 Å². The molecule has 1 unspecified atom stereocenters. The molecule has 1 N–H and O–H groups in total. The zero-order valence-corrected chi connectivity index (χ0v) is 11.9. The van der Waals surface area contributed by atoms with Gasteiger partial charge in [0.25, 0.3) is 5.91 Å². The molecule has 1 aromatic carbocycles. The van der Waals surface area contributed by atoms with Crippen LogP contribution in [0.1, 0.15) is 16.9 Å². The molecule has 1 amide bonds. The number of carboxylic acid groups (broad SMARTS) is 1. The van der Waals surface area contributed by atoms with Crippen molar-refractivity contribution in [2.45, 2.75) is 12.5 Å². The first-order chi connectivity index (χ1) is 10.7. The summed E-state index contributed by atoms with van der Waals surface area (Å²) in [7, 11) is 0. The van der Waals surface area contributed by atoms with E-state index < -0.39 is 12.0 Å². The largest absolute Gasteiger partial charge is 0.481 e. The topological polar surface area (TPSA) is 79.7 Å². The van der Waals surface area contributed by atoms with Crippen molar-refractivity contribution in [3.8, 4) is 0 Å². The van der Waals surface area contributed by atoms with Crippen molar-refractivity contribution in [2.75, 3.05) is 19.8 Å². The summed E-state index contributed by atoms with van der Waals surface area (Å²) >= 11 is 0. The van der Waals surface area contributed by atoms with E-state index in [2.05, 4.69) is 4.98 Å². The molecule has 1 saturated heterocycles. The van der Waals surface area contributed by atoms with Crippen molar-refractivity contribution >= 4 is 22.6 Å². The number of fused-ring (bicyclic) bond motifs is 1. The monoisotopic (exact) mass is 300 g/mol. The Bertz CT molecular complexity index is 711. The van der Waals surface area contributed by atoms with Crippen LogP contribution in [0.4, 0.5) is 0 Å². The number of carbonyl (C=O) groups excluding carboxylic acids is 1. The molecule has 0 bridgehead atoms. The predicted molar refractivity (Wildman–Crippen MR) is 79.6 cm³/mol. The molecule has 6 heteroatoms. The van der Waals surface area contributed by atoms with E-state index in [-0.39, 0.29) is 18.9 Å². The summed E-state index contributed by atoms with van der Waals surface area (Å²) in [5, 5.41) is 10.7. The van der Waals surface area contributed by atoms with Crippen molar-refractivity contribution in [1.29, 1.82) is 0 Å². The van der Waals surface area contributed by atoms with Crippen LogP contribution in [0.5, 0.6) is 0 Å². The van der Waals surface area contributed by atoms with Gasteiger partial charge < -0.3 is 14.7 Å². The number of aliphatic carboxylic acids is 1. The van der Waals surface area contributed by atoms with Crippen LogP contribution in [-0.2, 0) is 9.53 Å². The fourth-order valence-electron chi connectivity index (χ4n) is 2.72. The zero-order chi connectivity index (χ0) is 15.5. The van der Waals surface area contributed by atoms with Crippen molar-refractivity contribution < 1.29 is 19.4 Å². The number of benzene rings is 1. The van der Waals surface area contributed by atoms with Gasteiger partial charge in [0.05, 0.1) is 25.7 Å². The summed E-state index contributed by atoms with van der Waals surface area (Å²) in [5.41, 5.74) is 0.357. The van der Waals surface area contributed by atoms with Gasteiger partial charge in [0.1, 0.15) is 5.69 Å². The quantitative estimate of drug-likeness (QED) is 0.930. The molecule has 0 radical (unpaired) electrons. The minimum Gasteiger partial charge on any atom is -0.481 e. The van der Waals surface area contributed by atoms with Gasteiger partial charge in [-0.05, 0) is 11.5 Å². The average Bonchev–Trinajstić information content (AvgIpc) is 2.54. The van der Waals surface area contributed by atoms with Gasteiger partial charge in [-0.2, -0.15) is 0 Å². The van der Waals surface area contributed by atoms with Crippen LogP contribution in [0.25, 0.3) is 10.8 Å². The molecular formula is C16H16N2O4. The van der Waals surface area contributed by atoms with Crippen molar-refractivity contribution in [3.05, 3.63) is 42.2 Å². The molecule has 2 heterocycles. The molecule has 1 atom stereocenters. The molecule has 1 aliphatic heterocycles. The average molecular weight is 300 g/mol. The molecule has 3 rings (SSSR count). The number of pyridine rings is 1. The first kappa shape index (κ1) is 14.5. The number of amides is 1. The summed E-state index contributed by atoms with van der Waals surface area (Å²) in [5.74, 6) is -1.19. The summed E-state index contributed by atoms with van der Waals surface area (Å²) < 4.78 is 5.31. The Morgan fingerprint density at radius 2 is 2.14 bits per heavy atom. The molecule has 1 aliphatic rings. The van der Waals surface area contributed by atoms with Crippen molar-refractivity contribution in [3.63, 3.8) is 0 Å². The Balaban J connectivity index is 1.95. The summed E-state index contributed by atoms with van der Waals surface area (Å²) in [6.45, 7) is 1.02. The normalized spacial score (nSPS) is 18.4. The highest BCUT2D eigenvalue weighted by atomic mass is 16.5. The lowest BCUT2D eigenvalue weighted by atomic mass is 10.1. The zero-order valence-electron chi connectivity index (χ0n) is 11.9. The first-order valence-corrected chi connectivity index (χ1v) is 7.11. The van der Waals surface area contributed by atoms with Crippen LogP contribution in [0, 0.1) is 0 Å². The van der Waals surface area contributed by atoms with Crippen LogP contribution in [-0.4, -0.2) is 52.7 Å².